The summed E-state index contributed by atoms with van der Waals surface area (Å²) in [6.07, 6.45) is 5.34. The molecule has 4 amide bonds. The molecule has 8 heteroatoms. The maximum atomic E-state index is 12.5. The van der Waals surface area contributed by atoms with Crippen molar-refractivity contribution in [2.75, 3.05) is 40.3 Å². The number of nitrogens with one attached hydrogen (secondary N) is 1. The van der Waals surface area contributed by atoms with Crippen LogP contribution in [0.25, 0.3) is 5.69 Å². The number of carbonyl (C=O) groups is 2. The first kappa shape index (κ1) is 17.8. The fourth-order valence-corrected chi connectivity index (χ4v) is 2.98. The summed E-state index contributed by atoms with van der Waals surface area (Å²) in [5.41, 5.74) is 2.01. The number of aromatic nitrogens is 2. The van der Waals surface area contributed by atoms with Gasteiger partial charge in [0.05, 0.1) is 12.0 Å². The summed E-state index contributed by atoms with van der Waals surface area (Å²) in [7, 11) is 3.47. The van der Waals surface area contributed by atoms with E-state index in [4.69, 9.17) is 0 Å². The highest BCUT2D eigenvalue weighted by Crippen LogP contribution is 2.14. The van der Waals surface area contributed by atoms with Gasteiger partial charge in [-0.3, -0.25) is 0 Å². The van der Waals surface area contributed by atoms with Crippen LogP contribution in [0, 0.1) is 0 Å². The minimum absolute atomic E-state index is 0.0145. The van der Waals surface area contributed by atoms with Crippen LogP contribution < -0.4 is 5.32 Å². The lowest BCUT2D eigenvalue weighted by Gasteiger charge is -2.35. The molecule has 1 aliphatic heterocycles. The maximum Gasteiger partial charge on any atom is 0.319 e. The number of amides is 4. The van der Waals surface area contributed by atoms with Gasteiger partial charge < -0.3 is 24.6 Å². The van der Waals surface area contributed by atoms with Gasteiger partial charge in [-0.25, -0.2) is 14.6 Å². The third kappa shape index (κ3) is 3.96. The number of carbonyl (C=O) groups excluding carboxylic acids is 2. The standard InChI is InChI=1S/C18H24N6O2/c1-21(2)18(26)23-11-9-22(10-12-23)17(25)20-13-15-5-3-4-6-16(15)24-8-7-19-14-24/h3-8,14H,9-13H2,1-2H3,(H,20,25). The second-order valence-electron chi connectivity index (χ2n) is 6.41. The van der Waals surface area contributed by atoms with E-state index in [9.17, 15) is 9.59 Å². The molecule has 3 rings (SSSR count). The van der Waals surface area contributed by atoms with Crippen molar-refractivity contribution in [2.45, 2.75) is 6.54 Å². The first-order valence-electron chi connectivity index (χ1n) is 8.61. The zero-order valence-corrected chi connectivity index (χ0v) is 15.1. The molecular formula is C18H24N6O2. The predicted octanol–water partition coefficient (Wildman–Crippen LogP) is 1.38. The van der Waals surface area contributed by atoms with E-state index < -0.39 is 0 Å². The lowest BCUT2D eigenvalue weighted by atomic mass is 10.1. The summed E-state index contributed by atoms with van der Waals surface area (Å²) in [4.78, 5) is 33.6. The number of rotatable bonds is 3. The number of para-hydroxylation sites is 1. The Balaban J connectivity index is 1.55. The smallest absolute Gasteiger partial charge is 0.319 e. The summed E-state index contributed by atoms with van der Waals surface area (Å²) in [5.74, 6) is 0. The monoisotopic (exact) mass is 356 g/mol. The molecule has 1 fully saturated rings. The Bertz CT molecular complexity index is 751. The second kappa shape index (κ2) is 7.90. The highest BCUT2D eigenvalue weighted by atomic mass is 16.2. The molecule has 26 heavy (non-hydrogen) atoms. The Morgan fingerprint density at radius 3 is 2.46 bits per heavy atom. The van der Waals surface area contributed by atoms with Crippen LogP contribution in [0.4, 0.5) is 9.59 Å². The average molecular weight is 356 g/mol. The molecule has 0 aliphatic carbocycles. The van der Waals surface area contributed by atoms with Crippen LogP contribution in [0.1, 0.15) is 5.56 Å². The van der Waals surface area contributed by atoms with E-state index in [-0.39, 0.29) is 12.1 Å². The molecule has 1 aliphatic rings. The van der Waals surface area contributed by atoms with Crippen LogP contribution in [0.2, 0.25) is 0 Å². The first-order valence-corrected chi connectivity index (χ1v) is 8.61. The molecule has 0 unspecified atom stereocenters. The van der Waals surface area contributed by atoms with E-state index in [0.29, 0.717) is 32.7 Å². The number of imidazole rings is 1. The van der Waals surface area contributed by atoms with Gasteiger partial charge in [0.25, 0.3) is 0 Å². The molecule has 2 heterocycles. The minimum atomic E-state index is -0.109. The van der Waals surface area contributed by atoms with Gasteiger partial charge in [0.15, 0.2) is 0 Å². The Labute approximate surface area is 153 Å². The van der Waals surface area contributed by atoms with Gasteiger partial charge in [-0.1, -0.05) is 18.2 Å². The van der Waals surface area contributed by atoms with Crippen molar-refractivity contribution >= 4 is 12.1 Å². The number of benzene rings is 1. The molecule has 0 bridgehead atoms. The molecule has 1 aromatic carbocycles. The van der Waals surface area contributed by atoms with E-state index in [1.165, 1.54) is 0 Å². The molecule has 2 aromatic rings. The van der Waals surface area contributed by atoms with Crippen LogP contribution >= 0.6 is 0 Å². The largest absolute Gasteiger partial charge is 0.334 e. The third-order valence-electron chi connectivity index (χ3n) is 4.42. The van der Waals surface area contributed by atoms with Gasteiger partial charge in [-0.05, 0) is 11.6 Å². The van der Waals surface area contributed by atoms with Crippen molar-refractivity contribution in [3.63, 3.8) is 0 Å². The number of piperazine rings is 1. The molecule has 0 atom stereocenters. The highest BCUT2D eigenvalue weighted by molar-refractivity contribution is 5.76. The molecular weight excluding hydrogens is 332 g/mol. The summed E-state index contributed by atoms with van der Waals surface area (Å²) >= 11 is 0. The first-order chi connectivity index (χ1) is 12.6. The SMILES string of the molecule is CN(C)C(=O)N1CCN(C(=O)NCc2ccccc2-n2ccnc2)CC1. The van der Waals surface area contributed by atoms with E-state index in [1.54, 1.807) is 41.3 Å². The van der Waals surface area contributed by atoms with Crippen LogP contribution in [0.5, 0.6) is 0 Å². The lowest BCUT2D eigenvalue weighted by Crippen LogP contribution is -2.54. The number of urea groups is 2. The van der Waals surface area contributed by atoms with E-state index in [0.717, 1.165) is 11.3 Å². The molecule has 0 radical (unpaired) electrons. The molecule has 8 nitrogen and oxygen atoms in total. The lowest BCUT2D eigenvalue weighted by molar-refractivity contribution is 0.128. The third-order valence-corrected chi connectivity index (χ3v) is 4.42. The van der Waals surface area contributed by atoms with Crippen LogP contribution in [-0.2, 0) is 6.54 Å². The van der Waals surface area contributed by atoms with Crippen molar-refractivity contribution in [2.24, 2.45) is 0 Å². The Morgan fingerprint density at radius 1 is 1.12 bits per heavy atom. The summed E-state index contributed by atoms with van der Waals surface area (Å²) in [5, 5.41) is 2.98. The van der Waals surface area contributed by atoms with E-state index in [2.05, 4.69) is 10.3 Å². The van der Waals surface area contributed by atoms with E-state index in [1.807, 2.05) is 35.0 Å². The zero-order valence-electron chi connectivity index (χ0n) is 15.1. The summed E-state index contributed by atoms with van der Waals surface area (Å²) in [6, 6.07) is 7.77. The van der Waals surface area contributed by atoms with Gasteiger partial charge >= 0.3 is 12.1 Å². The van der Waals surface area contributed by atoms with Gasteiger partial charge in [0.1, 0.15) is 0 Å². The summed E-state index contributed by atoms with van der Waals surface area (Å²) in [6.45, 7) is 2.61. The highest BCUT2D eigenvalue weighted by Gasteiger charge is 2.24. The minimum Gasteiger partial charge on any atom is -0.334 e. The number of hydrogen-bond donors (Lipinski definition) is 1. The number of hydrogen-bond acceptors (Lipinski definition) is 3. The fraction of sp³-hybridized carbons (Fsp3) is 0.389. The van der Waals surface area contributed by atoms with Crippen molar-refractivity contribution in [3.8, 4) is 5.69 Å². The zero-order chi connectivity index (χ0) is 18.5. The second-order valence-corrected chi connectivity index (χ2v) is 6.41. The normalized spacial score (nSPS) is 14.2. The fourth-order valence-electron chi connectivity index (χ4n) is 2.98. The van der Waals surface area contributed by atoms with Crippen molar-refractivity contribution in [1.29, 1.82) is 0 Å². The molecule has 0 spiro atoms. The van der Waals surface area contributed by atoms with Crippen LogP contribution in [-0.4, -0.2) is 76.6 Å². The average Bonchev–Trinajstić information content (AvgIpc) is 3.20. The van der Waals surface area contributed by atoms with Gasteiger partial charge in [0, 0.05) is 59.2 Å². The van der Waals surface area contributed by atoms with Gasteiger partial charge in [-0.15, -0.1) is 0 Å². The molecule has 1 N–H and O–H groups in total. The molecule has 138 valence electrons. The number of nitrogens with zero attached hydrogens (tertiary/aromatic N) is 5. The molecule has 1 saturated heterocycles. The van der Waals surface area contributed by atoms with Crippen molar-refractivity contribution in [1.82, 2.24) is 29.6 Å². The van der Waals surface area contributed by atoms with Crippen molar-refractivity contribution in [3.05, 3.63) is 48.5 Å². The van der Waals surface area contributed by atoms with Crippen LogP contribution in [0.15, 0.2) is 43.0 Å². The molecule has 0 saturated carbocycles. The quantitative estimate of drug-likeness (QED) is 0.903. The predicted molar refractivity (Wildman–Crippen MR) is 98.0 cm³/mol. The topological polar surface area (TPSA) is 73.7 Å². The van der Waals surface area contributed by atoms with Gasteiger partial charge in [-0.2, -0.15) is 0 Å². The summed E-state index contributed by atoms with van der Waals surface area (Å²) < 4.78 is 1.92. The maximum absolute atomic E-state index is 12.5. The Kier molecular flexibility index (Phi) is 5.40. The van der Waals surface area contributed by atoms with E-state index >= 15 is 0 Å². The van der Waals surface area contributed by atoms with Gasteiger partial charge in [0.2, 0.25) is 0 Å². The van der Waals surface area contributed by atoms with Crippen LogP contribution in [0.3, 0.4) is 0 Å². The Morgan fingerprint density at radius 2 is 1.81 bits per heavy atom. The Hall–Kier alpha value is -3.03. The van der Waals surface area contributed by atoms with Crippen molar-refractivity contribution < 1.29 is 9.59 Å². The molecule has 1 aromatic heterocycles.